The Kier molecular flexibility index (Phi) is 9.00. The number of benzene rings is 6. The largest absolute Gasteiger partial charge is 0.497 e. The van der Waals surface area contributed by atoms with Crippen molar-refractivity contribution in [3.05, 3.63) is 163 Å². The zero-order valence-electron chi connectivity index (χ0n) is 24.8. The van der Waals surface area contributed by atoms with E-state index in [1.807, 2.05) is 78.9 Å². The first-order valence-electron chi connectivity index (χ1n) is 14.3. The molecule has 46 heavy (non-hydrogen) atoms. The smallest absolute Gasteiger partial charge is 0.206 e. The summed E-state index contributed by atoms with van der Waals surface area (Å²) in [4.78, 5) is 0.369. The summed E-state index contributed by atoms with van der Waals surface area (Å²) in [5.74, 6) is 10.7. The maximum Gasteiger partial charge on any atom is 0.206 e. The summed E-state index contributed by atoms with van der Waals surface area (Å²) in [5, 5.41) is 0. The lowest BCUT2D eigenvalue weighted by atomic mass is 10.2. The molecule has 0 aromatic heterocycles. The highest BCUT2D eigenvalue weighted by Gasteiger charge is 2.17. The van der Waals surface area contributed by atoms with Gasteiger partial charge in [-0.1, -0.05) is 30.0 Å². The van der Waals surface area contributed by atoms with Crippen LogP contribution in [0.1, 0.15) is 11.1 Å². The summed E-state index contributed by atoms with van der Waals surface area (Å²) in [6.07, 6.45) is 0. The van der Waals surface area contributed by atoms with E-state index in [1.54, 1.807) is 67.8 Å². The first-order chi connectivity index (χ1) is 22.4. The molecule has 0 saturated heterocycles. The van der Waals surface area contributed by atoms with Gasteiger partial charge in [0, 0.05) is 11.1 Å². The number of hydrogen-bond donors (Lipinski definition) is 0. The Balaban J connectivity index is 1.04. The third-order valence-corrected chi connectivity index (χ3v) is 8.62. The van der Waals surface area contributed by atoms with Crippen LogP contribution in [0, 0.1) is 11.8 Å². The molecule has 0 atom stereocenters. The average Bonchev–Trinajstić information content (AvgIpc) is 3.10. The molecule has 0 saturated carbocycles. The highest BCUT2D eigenvalue weighted by atomic mass is 32.2. The van der Waals surface area contributed by atoms with Gasteiger partial charge in [-0.2, -0.15) is 0 Å². The van der Waals surface area contributed by atoms with Crippen molar-refractivity contribution in [2.45, 2.75) is 9.79 Å². The van der Waals surface area contributed by atoms with Gasteiger partial charge in [0.05, 0.1) is 16.9 Å². The quantitative estimate of drug-likeness (QED) is 0.149. The zero-order valence-corrected chi connectivity index (χ0v) is 25.6. The van der Waals surface area contributed by atoms with E-state index in [4.69, 9.17) is 18.9 Å². The highest BCUT2D eigenvalue weighted by molar-refractivity contribution is 7.91. The van der Waals surface area contributed by atoms with Crippen LogP contribution in [0.2, 0.25) is 0 Å². The zero-order chi connectivity index (χ0) is 31.8. The second kappa shape index (κ2) is 13.8. The predicted octanol–water partition coefficient (Wildman–Crippen LogP) is 9.30. The third-order valence-electron chi connectivity index (χ3n) is 6.84. The molecule has 226 valence electrons. The molecule has 6 nitrogen and oxygen atoms in total. The van der Waals surface area contributed by atoms with Crippen LogP contribution in [0.4, 0.5) is 0 Å². The lowest BCUT2D eigenvalue weighted by Gasteiger charge is -2.10. The first kappa shape index (κ1) is 30.1. The molecular weight excluding hydrogens is 596 g/mol. The Bertz CT molecular complexity index is 2060. The van der Waals surface area contributed by atoms with Gasteiger partial charge in [0.1, 0.15) is 40.2 Å². The van der Waals surface area contributed by atoms with Crippen LogP contribution in [-0.4, -0.2) is 15.5 Å². The third kappa shape index (κ3) is 7.56. The van der Waals surface area contributed by atoms with E-state index in [1.165, 1.54) is 12.1 Å². The van der Waals surface area contributed by atoms with Gasteiger partial charge < -0.3 is 18.9 Å². The number of sulfone groups is 1. The van der Waals surface area contributed by atoms with Crippen LogP contribution >= 0.6 is 0 Å². The molecule has 7 heteroatoms. The summed E-state index contributed by atoms with van der Waals surface area (Å²) in [6, 6.07) is 44.3. The minimum absolute atomic E-state index is 0.173. The lowest BCUT2D eigenvalue weighted by molar-refractivity contribution is 0.413. The number of methoxy groups -OCH3 is 1. The van der Waals surface area contributed by atoms with Crippen LogP contribution in [0.3, 0.4) is 0 Å². The fraction of sp³-hybridized carbons (Fsp3) is 0.0256. The van der Waals surface area contributed by atoms with Gasteiger partial charge in [0.25, 0.3) is 0 Å². The molecule has 6 aromatic carbocycles. The molecule has 0 aliphatic heterocycles. The van der Waals surface area contributed by atoms with Gasteiger partial charge in [-0.3, -0.25) is 0 Å². The van der Waals surface area contributed by atoms with Crippen molar-refractivity contribution in [2.24, 2.45) is 0 Å². The average molecular weight is 625 g/mol. The fourth-order valence-corrected chi connectivity index (χ4v) is 5.67. The van der Waals surface area contributed by atoms with E-state index in [-0.39, 0.29) is 9.79 Å². The van der Waals surface area contributed by atoms with Crippen LogP contribution in [0.5, 0.6) is 40.2 Å². The topological polar surface area (TPSA) is 71.1 Å². The van der Waals surface area contributed by atoms with Gasteiger partial charge in [-0.05, 0) is 133 Å². The van der Waals surface area contributed by atoms with Gasteiger partial charge >= 0.3 is 0 Å². The Hall–Kier alpha value is -5.97. The van der Waals surface area contributed by atoms with Gasteiger partial charge in [0.2, 0.25) is 9.84 Å². The Labute approximate surface area is 268 Å². The van der Waals surface area contributed by atoms with Gasteiger partial charge in [0.15, 0.2) is 0 Å². The van der Waals surface area contributed by atoms with E-state index >= 15 is 0 Å². The van der Waals surface area contributed by atoms with Crippen LogP contribution in [-0.2, 0) is 9.84 Å². The van der Waals surface area contributed by atoms with Crippen molar-refractivity contribution < 1.29 is 27.4 Å². The minimum atomic E-state index is -3.70. The Morgan fingerprint density at radius 3 is 1.07 bits per heavy atom. The van der Waals surface area contributed by atoms with Crippen molar-refractivity contribution in [2.75, 3.05) is 7.11 Å². The molecule has 0 N–H and O–H groups in total. The predicted molar refractivity (Wildman–Crippen MR) is 177 cm³/mol. The molecule has 0 radical (unpaired) electrons. The molecule has 0 fully saturated rings. The molecule has 6 aromatic rings. The number of hydrogen-bond acceptors (Lipinski definition) is 6. The summed E-state index contributed by atoms with van der Waals surface area (Å²) in [5.41, 5.74) is 1.63. The standard InChI is InChI=1S/C39H28O6S/c1-42-31-11-13-32(14-12-31)43-33-15-17-34(18-16-33)44-35-19-21-36(22-20-35)45-37-23-27-39(28-24-37)46(40,41)38-25-9-30(10-26-38)8-7-29-5-3-2-4-6-29/h2-6,9-28H,1H3. The van der Waals surface area contributed by atoms with Crippen molar-refractivity contribution >= 4 is 9.84 Å². The Morgan fingerprint density at radius 2 is 0.696 bits per heavy atom. The molecule has 0 aliphatic rings. The molecule has 0 unspecified atom stereocenters. The normalized spacial score (nSPS) is 10.7. The van der Waals surface area contributed by atoms with Gasteiger partial charge in [-0.25, -0.2) is 8.42 Å². The van der Waals surface area contributed by atoms with E-state index in [0.29, 0.717) is 34.5 Å². The SMILES string of the molecule is COc1ccc(Oc2ccc(Oc3ccc(Oc4ccc(S(=O)(=O)c5ccc(C#Cc6ccccc6)cc5)cc4)cc3)cc2)cc1. The van der Waals surface area contributed by atoms with E-state index in [0.717, 1.165) is 16.9 Å². The Morgan fingerprint density at radius 1 is 0.391 bits per heavy atom. The van der Waals surface area contributed by atoms with Gasteiger partial charge in [-0.15, -0.1) is 0 Å². The maximum atomic E-state index is 13.2. The second-order valence-corrected chi connectivity index (χ2v) is 12.0. The molecule has 0 aliphatic carbocycles. The monoisotopic (exact) mass is 624 g/mol. The van der Waals surface area contributed by atoms with Crippen LogP contribution < -0.4 is 18.9 Å². The second-order valence-electron chi connectivity index (χ2n) is 10.0. The van der Waals surface area contributed by atoms with E-state index in [9.17, 15) is 8.42 Å². The first-order valence-corrected chi connectivity index (χ1v) is 15.8. The molecule has 0 heterocycles. The maximum absolute atomic E-state index is 13.2. The van der Waals surface area contributed by atoms with Crippen molar-refractivity contribution in [3.8, 4) is 52.1 Å². The van der Waals surface area contributed by atoms with E-state index in [2.05, 4.69) is 11.8 Å². The van der Waals surface area contributed by atoms with Crippen molar-refractivity contribution in [1.82, 2.24) is 0 Å². The number of rotatable bonds is 9. The van der Waals surface area contributed by atoms with Crippen molar-refractivity contribution in [1.29, 1.82) is 0 Å². The summed E-state index contributed by atoms with van der Waals surface area (Å²) < 4.78 is 49.3. The number of ether oxygens (including phenoxy) is 4. The molecule has 0 bridgehead atoms. The fourth-order valence-electron chi connectivity index (χ4n) is 4.41. The van der Waals surface area contributed by atoms with Crippen LogP contribution in [0.25, 0.3) is 0 Å². The van der Waals surface area contributed by atoms with Crippen LogP contribution in [0.15, 0.2) is 161 Å². The van der Waals surface area contributed by atoms with Crippen molar-refractivity contribution in [3.63, 3.8) is 0 Å². The molecule has 6 rings (SSSR count). The molecule has 0 amide bonds. The molecule has 0 spiro atoms. The lowest BCUT2D eigenvalue weighted by Crippen LogP contribution is -2.01. The summed E-state index contributed by atoms with van der Waals surface area (Å²) >= 11 is 0. The minimum Gasteiger partial charge on any atom is -0.497 e. The summed E-state index contributed by atoms with van der Waals surface area (Å²) in [7, 11) is -2.08. The van der Waals surface area contributed by atoms with E-state index < -0.39 is 9.84 Å². The summed E-state index contributed by atoms with van der Waals surface area (Å²) in [6.45, 7) is 0. The highest BCUT2D eigenvalue weighted by Crippen LogP contribution is 2.30. The molecular formula is C39H28O6S.